The Morgan fingerprint density at radius 1 is 1.14 bits per heavy atom. The minimum absolute atomic E-state index is 0.276. The molecule has 114 valence electrons. The van der Waals surface area contributed by atoms with Gasteiger partial charge in [0.15, 0.2) is 6.61 Å². The number of amides is 1. The number of nitrogens with one attached hydrogen (secondary N) is 1. The van der Waals surface area contributed by atoms with Crippen LogP contribution in [0.15, 0.2) is 48.5 Å². The van der Waals surface area contributed by atoms with E-state index in [1.807, 2.05) is 0 Å². The molecule has 0 saturated carbocycles. The topological polar surface area (TPSA) is 64.6 Å². The van der Waals surface area contributed by atoms with Crippen LogP contribution in [0.2, 0.25) is 0 Å². The van der Waals surface area contributed by atoms with Gasteiger partial charge in [0, 0.05) is 5.69 Å². The summed E-state index contributed by atoms with van der Waals surface area (Å²) in [4.78, 5) is 23.5. The number of hydrogen-bond donors (Lipinski definition) is 1. The molecule has 0 spiro atoms. The average molecular weight is 303 g/mol. The molecule has 2 rings (SSSR count). The second-order valence-electron chi connectivity index (χ2n) is 4.37. The lowest BCUT2D eigenvalue weighted by molar-refractivity contribution is -0.119. The van der Waals surface area contributed by atoms with Crippen LogP contribution in [-0.4, -0.2) is 25.6 Å². The van der Waals surface area contributed by atoms with Gasteiger partial charge >= 0.3 is 5.97 Å². The summed E-state index contributed by atoms with van der Waals surface area (Å²) in [5, 5.41) is 2.43. The molecule has 0 saturated heterocycles. The molecule has 0 radical (unpaired) electrons. The second-order valence-corrected chi connectivity index (χ2v) is 4.37. The van der Waals surface area contributed by atoms with Crippen LogP contribution in [-0.2, 0) is 9.53 Å². The monoisotopic (exact) mass is 303 g/mol. The maximum Gasteiger partial charge on any atom is 0.338 e. The van der Waals surface area contributed by atoms with Gasteiger partial charge in [-0.1, -0.05) is 12.1 Å². The van der Waals surface area contributed by atoms with E-state index in [0.717, 1.165) is 0 Å². The third kappa shape index (κ3) is 4.31. The molecule has 0 heterocycles. The molecule has 0 aliphatic rings. The summed E-state index contributed by atoms with van der Waals surface area (Å²) in [5.74, 6) is -1.15. The number of anilines is 1. The Balaban J connectivity index is 1.89. The van der Waals surface area contributed by atoms with Gasteiger partial charge in [0.25, 0.3) is 5.91 Å². The summed E-state index contributed by atoms with van der Waals surface area (Å²) in [5.41, 5.74) is 0.570. The van der Waals surface area contributed by atoms with Gasteiger partial charge in [-0.05, 0) is 36.4 Å². The van der Waals surface area contributed by atoms with Crippen LogP contribution in [0, 0.1) is 5.82 Å². The summed E-state index contributed by atoms with van der Waals surface area (Å²) in [6, 6.07) is 11.8. The lowest BCUT2D eigenvalue weighted by Crippen LogP contribution is -2.21. The van der Waals surface area contributed by atoms with Crippen molar-refractivity contribution in [1.29, 1.82) is 0 Å². The zero-order chi connectivity index (χ0) is 15.9. The van der Waals surface area contributed by atoms with E-state index in [-0.39, 0.29) is 5.56 Å². The number of rotatable bonds is 5. The van der Waals surface area contributed by atoms with Crippen LogP contribution in [0.5, 0.6) is 5.75 Å². The van der Waals surface area contributed by atoms with Gasteiger partial charge in [0.05, 0.1) is 12.7 Å². The Morgan fingerprint density at radius 3 is 2.64 bits per heavy atom. The molecular formula is C16H14FNO4. The minimum Gasteiger partial charge on any atom is -0.497 e. The zero-order valence-electron chi connectivity index (χ0n) is 11.8. The lowest BCUT2D eigenvalue weighted by atomic mass is 10.2. The summed E-state index contributed by atoms with van der Waals surface area (Å²) in [6.07, 6.45) is 0. The van der Waals surface area contributed by atoms with Gasteiger partial charge in [0.2, 0.25) is 0 Å². The van der Waals surface area contributed by atoms with Crippen LogP contribution < -0.4 is 10.1 Å². The first-order valence-electron chi connectivity index (χ1n) is 6.45. The zero-order valence-corrected chi connectivity index (χ0v) is 11.8. The molecule has 0 bridgehead atoms. The highest BCUT2D eigenvalue weighted by molar-refractivity contribution is 5.95. The standard InChI is InChI=1S/C16H14FNO4/c1-21-14-7-2-4-11(8-14)16(20)22-10-15(19)18-13-6-3-5-12(17)9-13/h2-9H,10H2,1H3,(H,18,19). The van der Waals surface area contributed by atoms with Crippen molar-refractivity contribution >= 4 is 17.6 Å². The number of esters is 1. The molecule has 22 heavy (non-hydrogen) atoms. The molecule has 0 fully saturated rings. The fourth-order valence-electron chi connectivity index (χ4n) is 1.73. The van der Waals surface area contributed by atoms with Crippen molar-refractivity contribution < 1.29 is 23.5 Å². The molecule has 0 aliphatic heterocycles. The fourth-order valence-corrected chi connectivity index (χ4v) is 1.73. The Hall–Kier alpha value is -2.89. The molecular weight excluding hydrogens is 289 g/mol. The normalized spacial score (nSPS) is 9.91. The van der Waals surface area contributed by atoms with Gasteiger partial charge in [-0.15, -0.1) is 0 Å². The van der Waals surface area contributed by atoms with E-state index in [2.05, 4.69) is 5.32 Å². The van der Waals surface area contributed by atoms with Gasteiger partial charge < -0.3 is 14.8 Å². The van der Waals surface area contributed by atoms with Crippen LogP contribution in [0.25, 0.3) is 0 Å². The summed E-state index contributed by atoms with van der Waals surface area (Å²) < 4.78 is 22.9. The Labute approximate surface area is 126 Å². The number of carbonyl (C=O) groups is 2. The van der Waals surface area contributed by atoms with E-state index in [9.17, 15) is 14.0 Å². The molecule has 6 heteroatoms. The van der Waals surface area contributed by atoms with Crippen molar-refractivity contribution in [2.24, 2.45) is 0 Å². The van der Waals surface area contributed by atoms with Crippen LogP contribution in [0.4, 0.5) is 10.1 Å². The van der Waals surface area contributed by atoms with Crippen molar-refractivity contribution in [1.82, 2.24) is 0 Å². The molecule has 2 aromatic rings. The summed E-state index contributed by atoms with van der Waals surface area (Å²) in [6.45, 7) is -0.466. The van der Waals surface area contributed by atoms with Crippen LogP contribution in [0.3, 0.4) is 0 Å². The predicted molar refractivity (Wildman–Crippen MR) is 78.3 cm³/mol. The van der Waals surface area contributed by atoms with E-state index in [1.165, 1.54) is 37.4 Å². The van der Waals surface area contributed by atoms with Crippen molar-refractivity contribution in [2.45, 2.75) is 0 Å². The highest BCUT2D eigenvalue weighted by atomic mass is 19.1. The number of hydrogen-bond acceptors (Lipinski definition) is 4. The SMILES string of the molecule is COc1cccc(C(=O)OCC(=O)Nc2cccc(F)c2)c1. The third-order valence-electron chi connectivity index (χ3n) is 2.75. The maximum absolute atomic E-state index is 13.0. The molecule has 0 atom stereocenters. The minimum atomic E-state index is -0.645. The maximum atomic E-state index is 13.0. The first kappa shape index (κ1) is 15.5. The molecule has 0 aliphatic carbocycles. The van der Waals surface area contributed by atoms with E-state index in [4.69, 9.17) is 9.47 Å². The fraction of sp³-hybridized carbons (Fsp3) is 0.125. The van der Waals surface area contributed by atoms with Crippen molar-refractivity contribution in [3.63, 3.8) is 0 Å². The second kappa shape index (κ2) is 7.21. The number of halogens is 1. The number of methoxy groups -OCH3 is 1. The largest absolute Gasteiger partial charge is 0.497 e. The Morgan fingerprint density at radius 2 is 1.91 bits per heavy atom. The first-order valence-corrected chi connectivity index (χ1v) is 6.45. The Bertz CT molecular complexity index is 687. The van der Waals surface area contributed by atoms with Crippen LogP contribution >= 0.6 is 0 Å². The molecule has 5 nitrogen and oxygen atoms in total. The lowest BCUT2D eigenvalue weighted by Gasteiger charge is -2.07. The number of ether oxygens (including phenoxy) is 2. The van der Waals surface area contributed by atoms with Crippen LogP contribution in [0.1, 0.15) is 10.4 Å². The molecule has 1 N–H and O–H groups in total. The molecule has 0 unspecified atom stereocenters. The predicted octanol–water partition coefficient (Wildman–Crippen LogP) is 2.63. The van der Waals surface area contributed by atoms with Crippen molar-refractivity contribution in [2.75, 3.05) is 19.0 Å². The van der Waals surface area contributed by atoms with Gasteiger partial charge in [0.1, 0.15) is 11.6 Å². The average Bonchev–Trinajstić information content (AvgIpc) is 2.52. The Kier molecular flexibility index (Phi) is 5.08. The van der Waals surface area contributed by atoms with Crippen molar-refractivity contribution in [3.8, 4) is 5.75 Å². The number of benzene rings is 2. The summed E-state index contributed by atoms with van der Waals surface area (Å²) >= 11 is 0. The van der Waals surface area contributed by atoms with Gasteiger partial charge in [-0.2, -0.15) is 0 Å². The smallest absolute Gasteiger partial charge is 0.338 e. The molecule has 0 aromatic heterocycles. The first-order chi connectivity index (χ1) is 10.6. The molecule has 1 amide bonds. The molecule has 2 aromatic carbocycles. The van der Waals surface area contributed by atoms with Gasteiger partial charge in [-0.3, -0.25) is 4.79 Å². The van der Waals surface area contributed by atoms with E-state index in [1.54, 1.807) is 18.2 Å². The quantitative estimate of drug-likeness (QED) is 0.862. The number of carbonyl (C=O) groups excluding carboxylic acids is 2. The highest BCUT2D eigenvalue weighted by Gasteiger charge is 2.11. The van der Waals surface area contributed by atoms with E-state index in [0.29, 0.717) is 11.4 Å². The highest BCUT2D eigenvalue weighted by Crippen LogP contribution is 2.13. The van der Waals surface area contributed by atoms with Crippen molar-refractivity contribution in [3.05, 3.63) is 59.9 Å². The third-order valence-corrected chi connectivity index (χ3v) is 2.75. The van der Waals surface area contributed by atoms with E-state index < -0.39 is 24.3 Å². The van der Waals surface area contributed by atoms with Gasteiger partial charge in [-0.25, -0.2) is 9.18 Å². The van der Waals surface area contributed by atoms with E-state index >= 15 is 0 Å². The summed E-state index contributed by atoms with van der Waals surface area (Å²) in [7, 11) is 1.48.